The molecular weight excluding hydrogens is 333 g/mol. The summed E-state index contributed by atoms with van der Waals surface area (Å²) in [4.78, 5) is 11.6. The van der Waals surface area contributed by atoms with Gasteiger partial charge in [0, 0.05) is 5.02 Å². The fourth-order valence-electron chi connectivity index (χ4n) is 1.83. The van der Waals surface area contributed by atoms with Gasteiger partial charge in [0.2, 0.25) is 0 Å². The van der Waals surface area contributed by atoms with Crippen LogP contribution in [0.3, 0.4) is 0 Å². The van der Waals surface area contributed by atoms with E-state index in [4.69, 9.17) is 23.2 Å². The van der Waals surface area contributed by atoms with Crippen LogP contribution in [0.4, 0.5) is 0 Å². The van der Waals surface area contributed by atoms with Crippen LogP contribution in [0.1, 0.15) is 13.8 Å². The van der Waals surface area contributed by atoms with Gasteiger partial charge >= 0.3 is 0 Å². The number of benzene rings is 1. The van der Waals surface area contributed by atoms with Gasteiger partial charge in [-0.2, -0.15) is 12.8 Å². The zero-order chi connectivity index (χ0) is 15.8. The summed E-state index contributed by atoms with van der Waals surface area (Å²) in [5, 5.41) is 0.408. The molecule has 0 N–H and O–H groups in total. The minimum absolute atomic E-state index is 0.0213. The number of carbonyl (C=O) groups excluding carboxylic acids is 1. The first kappa shape index (κ1) is 15.9. The minimum atomic E-state index is -3.90. The molecule has 0 spiro atoms. The van der Waals surface area contributed by atoms with Gasteiger partial charge in [0.25, 0.3) is 10.0 Å². The highest BCUT2D eigenvalue weighted by atomic mass is 35.5. The van der Waals surface area contributed by atoms with Crippen LogP contribution in [-0.4, -0.2) is 19.9 Å². The van der Waals surface area contributed by atoms with Gasteiger partial charge < -0.3 is 0 Å². The quantitative estimate of drug-likeness (QED) is 0.771. The lowest BCUT2D eigenvalue weighted by atomic mass is 9.97. The third kappa shape index (κ3) is 3.26. The second-order valence-electron chi connectivity index (χ2n) is 4.50. The van der Waals surface area contributed by atoms with Crippen molar-refractivity contribution in [2.75, 3.05) is 0 Å². The molecule has 0 amide bonds. The number of halogens is 2. The highest BCUT2D eigenvalue weighted by Gasteiger charge is 2.23. The molecule has 0 aromatic heterocycles. The molecule has 0 saturated heterocycles. The zero-order valence-corrected chi connectivity index (χ0v) is 13.6. The maximum absolute atomic E-state index is 12.3. The summed E-state index contributed by atoms with van der Waals surface area (Å²) in [6, 6.07) is 5.68. The van der Waals surface area contributed by atoms with Crippen molar-refractivity contribution in [2.24, 2.45) is 4.40 Å². The number of hydrogen-bond acceptors (Lipinski definition) is 3. The summed E-state index contributed by atoms with van der Waals surface area (Å²) in [6.07, 6.45) is 1.27. The number of ketones is 1. The van der Waals surface area contributed by atoms with Gasteiger partial charge in [-0.15, -0.1) is 0 Å². The molecule has 1 aliphatic carbocycles. The van der Waals surface area contributed by atoms with E-state index in [0.29, 0.717) is 16.2 Å². The molecule has 1 aromatic rings. The highest BCUT2D eigenvalue weighted by molar-refractivity contribution is 7.90. The van der Waals surface area contributed by atoms with Crippen LogP contribution in [-0.2, 0) is 14.8 Å². The summed E-state index contributed by atoms with van der Waals surface area (Å²) in [6.45, 7) is 3.17. The fourth-order valence-corrected chi connectivity index (χ4v) is 3.21. The molecule has 21 heavy (non-hydrogen) atoms. The normalized spacial score (nSPS) is 18.2. The zero-order valence-electron chi connectivity index (χ0n) is 11.2. The molecule has 0 radical (unpaired) electrons. The van der Waals surface area contributed by atoms with E-state index in [0.717, 1.165) is 0 Å². The van der Waals surface area contributed by atoms with Crippen molar-refractivity contribution < 1.29 is 13.2 Å². The van der Waals surface area contributed by atoms with Crippen LogP contribution in [0.2, 0.25) is 5.02 Å². The summed E-state index contributed by atoms with van der Waals surface area (Å²) in [7, 11) is -3.90. The van der Waals surface area contributed by atoms with Gasteiger partial charge in [0.1, 0.15) is 0 Å². The second-order valence-corrected chi connectivity index (χ2v) is 6.92. The molecule has 1 aromatic carbocycles. The van der Waals surface area contributed by atoms with Gasteiger partial charge in [0.05, 0.1) is 15.6 Å². The second kappa shape index (κ2) is 5.75. The largest absolute Gasteiger partial charge is 0.288 e. The van der Waals surface area contributed by atoms with E-state index in [2.05, 4.69) is 4.40 Å². The van der Waals surface area contributed by atoms with Crippen LogP contribution in [0.5, 0.6) is 0 Å². The van der Waals surface area contributed by atoms with Crippen molar-refractivity contribution in [1.82, 2.24) is 0 Å². The fraction of sp³-hybridized carbons (Fsp3) is 0.143. The average molecular weight is 344 g/mol. The Kier molecular flexibility index (Phi) is 4.37. The van der Waals surface area contributed by atoms with E-state index >= 15 is 0 Å². The number of rotatable bonds is 2. The Morgan fingerprint density at radius 3 is 2.19 bits per heavy atom. The van der Waals surface area contributed by atoms with Gasteiger partial charge in [-0.25, -0.2) is 0 Å². The topological polar surface area (TPSA) is 63.6 Å². The van der Waals surface area contributed by atoms with Crippen molar-refractivity contribution in [3.05, 3.63) is 51.5 Å². The first-order valence-electron chi connectivity index (χ1n) is 5.92. The van der Waals surface area contributed by atoms with E-state index in [9.17, 15) is 13.2 Å². The molecule has 0 atom stereocenters. The van der Waals surface area contributed by atoms with Gasteiger partial charge in [-0.3, -0.25) is 4.79 Å². The number of hydrogen-bond donors (Lipinski definition) is 0. The van der Waals surface area contributed by atoms with E-state index in [1.165, 1.54) is 30.3 Å². The molecule has 110 valence electrons. The Labute approximate surface area is 132 Å². The van der Waals surface area contributed by atoms with Crippen molar-refractivity contribution in [3.8, 4) is 0 Å². The first-order valence-corrected chi connectivity index (χ1v) is 8.12. The third-order valence-electron chi connectivity index (χ3n) is 2.94. The molecular formula is C14H11Cl2NO3S. The van der Waals surface area contributed by atoms with Crippen LogP contribution in [0, 0.1) is 0 Å². The Bertz CT molecular complexity index is 803. The van der Waals surface area contributed by atoms with Crippen molar-refractivity contribution in [1.29, 1.82) is 0 Å². The summed E-state index contributed by atoms with van der Waals surface area (Å²) in [5.41, 5.74) is 0.994. The first-order chi connectivity index (χ1) is 9.72. The van der Waals surface area contributed by atoms with Crippen LogP contribution < -0.4 is 0 Å². The smallest absolute Gasteiger partial charge is 0.282 e. The lowest BCUT2D eigenvalue weighted by Gasteiger charge is -2.14. The Balaban J connectivity index is 2.54. The highest BCUT2D eigenvalue weighted by Crippen LogP contribution is 2.25. The van der Waals surface area contributed by atoms with Crippen molar-refractivity contribution in [3.63, 3.8) is 0 Å². The Morgan fingerprint density at radius 1 is 1.05 bits per heavy atom. The molecule has 0 unspecified atom stereocenters. The predicted molar refractivity (Wildman–Crippen MR) is 83.4 cm³/mol. The number of allylic oxidation sites excluding steroid dienone is 4. The van der Waals surface area contributed by atoms with E-state index < -0.39 is 10.0 Å². The monoisotopic (exact) mass is 343 g/mol. The Morgan fingerprint density at radius 2 is 1.62 bits per heavy atom. The van der Waals surface area contributed by atoms with Crippen molar-refractivity contribution >= 4 is 44.7 Å². The van der Waals surface area contributed by atoms with Crippen LogP contribution >= 0.6 is 23.2 Å². The van der Waals surface area contributed by atoms with Crippen LogP contribution in [0.25, 0.3) is 0 Å². The molecule has 0 saturated carbocycles. The molecule has 0 heterocycles. The number of carbonyl (C=O) groups is 1. The lowest BCUT2D eigenvalue weighted by Crippen LogP contribution is -2.16. The Hall–Kier alpha value is -1.43. The molecule has 0 fully saturated rings. The van der Waals surface area contributed by atoms with E-state index in [1.54, 1.807) is 13.8 Å². The van der Waals surface area contributed by atoms with Gasteiger partial charge in [-0.05, 0) is 55.3 Å². The third-order valence-corrected chi connectivity index (χ3v) is 4.96. The van der Waals surface area contributed by atoms with E-state index in [1.807, 2.05) is 0 Å². The SMILES string of the molecule is CC1=CC(=O)C(Cl)=C(C)C1=NS(=O)(=O)c1ccc(Cl)cc1. The molecule has 1 aliphatic rings. The molecule has 7 heteroatoms. The van der Waals surface area contributed by atoms with Crippen molar-refractivity contribution in [2.45, 2.75) is 18.7 Å². The van der Waals surface area contributed by atoms with Gasteiger partial charge in [0.15, 0.2) is 5.78 Å². The van der Waals surface area contributed by atoms with Gasteiger partial charge in [-0.1, -0.05) is 23.2 Å². The number of nitrogens with zero attached hydrogens (tertiary/aromatic N) is 1. The standard InChI is InChI=1S/C14H11Cl2NO3S/c1-8-7-12(18)13(16)9(2)14(8)17-21(19,20)11-5-3-10(15)4-6-11/h3-7H,1-2H3. The summed E-state index contributed by atoms with van der Waals surface area (Å²) >= 11 is 11.6. The summed E-state index contributed by atoms with van der Waals surface area (Å²) in [5.74, 6) is -0.352. The van der Waals surface area contributed by atoms with Crippen LogP contribution in [0.15, 0.2) is 55.8 Å². The molecule has 0 bridgehead atoms. The average Bonchev–Trinajstić information content (AvgIpc) is 2.42. The molecule has 4 nitrogen and oxygen atoms in total. The molecule has 2 rings (SSSR count). The van der Waals surface area contributed by atoms with E-state index in [-0.39, 0.29) is 21.4 Å². The maximum atomic E-state index is 12.3. The molecule has 0 aliphatic heterocycles. The predicted octanol–water partition coefficient (Wildman–Crippen LogP) is 3.51. The maximum Gasteiger partial charge on any atom is 0.282 e. The summed E-state index contributed by atoms with van der Waals surface area (Å²) < 4.78 is 28.4. The number of sulfonamides is 1. The lowest BCUT2D eigenvalue weighted by molar-refractivity contribution is -0.110. The minimum Gasteiger partial charge on any atom is -0.288 e.